The lowest BCUT2D eigenvalue weighted by molar-refractivity contribution is -0.121. The molecule has 1 aromatic rings. The Hall–Kier alpha value is -1.18. The van der Waals surface area contributed by atoms with E-state index in [-0.39, 0.29) is 11.2 Å². The molecule has 198 valence electrons. The third-order valence-corrected chi connectivity index (χ3v) is 11.6. The van der Waals surface area contributed by atoms with Gasteiger partial charge in [-0.15, -0.1) is 11.8 Å². The second-order valence-corrected chi connectivity index (χ2v) is 14.0. The molecule has 0 radical (unpaired) electrons. The fourth-order valence-electron chi connectivity index (χ4n) is 6.79. The van der Waals surface area contributed by atoms with Crippen LogP contribution in [0.25, 0.3) is 0 Å². The van der Waals surface area contributed by atoms with E-state index in [9.17, 15) is 4.79 Å². The summed E-state index contributed by atoms with van der Waals surface area (Å²) in [6, 6.07) is 12.2. The van der Waals surface area contributed by atoms with E-state index in [4.69, 9.17) is 5.73 Å². The third kappa shape index (κ3) is 6.63. The average Bonchev–Trinajstić information content (AvgIpc) is 3.54. The number of amidine groups is 1. The molecule has 1 aromatic carbocycles. The SMILES string of the molecule is CCCN(CCC1CCC(NC(=O)C2CCC(c3ccccc3)S2)CC1)[C@H]1CCC2N=C(N)SC2C1. The Kier molecular flexibility index (Phi) is 9.23. The zero-order chi connectivity index (χ0) is 24.9. The first-order valence-electron chi connectivity index (χ1n) is 14.3. The maximum absolute atomic E-state index is 13.0. The molecule has 2 aliphatic carbocycles. The van der Waals surface area contributed by atoms with Crippen molar-refractivity contribution in [3.05, 3.63) is 35.9 Å². The van der Waals surface area contributed by atoms with Crippen molar-refractivity contribution in [1.82, 2.24) is 10.2 Å². The topological polar surface area (TPSA) is 70.7 Å². The maximum atomic E-state index is 13.0. The number of amides is 1. The monoisotopic (exact) mass is 528 g/mol. The number of aliphatic imine (C=N–C) groups is 1. The van der Waals surface area contributed by atoms with Crippen molar-refractivity contribution in [2.24, 2.45) is 16.6 Å². The quantitative estimate of drug-likeness (QED) is 0.427. The molecule has 36 heavy (non-hydrogen) atoms. The predicted octanol–water partition coefficient (Wildman–Crippen LogP) is 5.75. The number of rotatable bonds is 9. The summed E-state index contributed by atoms with van der Waals surface area (Å²) < 4.78 is 0. The van der Waals surface area contributed by atoms with Gasteiger partial charge in [0.15, 0.2) is 5.17 Å². The number of benzene rings is 1. The van der Waals surface area contributed by atoms with Gasteiger partial charge in [-0.25, -0.2) is 0 Å². The minimum absolute atomic E-state index is 0.115. The molecule has 4 aliphatic rings. The van der Waals surface area contributed by atoms with Crippen molar-refractivity contribution in [2.45, 2.75) is 111 Å². The normalized spacial score (nSPS) is 34.4. The van der Waals surface area contributed by atoms with Crippen LogP contribution in [0.3, 0.4) is 0 Å². The van der Waals surface area contributed by atoms with Gasteiger partial charge in [-0.1, -0.05) is 49.0 Å². The van der Waals surface area contributed by atoms with E-state index in [1.165, 1.54) is 63.6 Å². The Morgan fingerprint density at radius 2 is 1.86 bits per heavy atom. The molecule has 7 heteroatoms. The van der Waals surface area contributed by atoms with E-state index in [2.05, 4.69) is 52.5 Å². The Bertz CT molecular complexity index is 889. The highest BCUT2D eigenvalue weighted by molar-refractivity contribution is 8.14. The van der Waals surface area contributed by atoms with Crippen molar-refractivity contribution in [3.63, 3.8) is 0 Å². The van der Waals surface area contributed by atoms with Crippen LogP contribution < -0.4 is 11.1 Å². The zero-order valence-corrected chi connectivity index (χ0v) is 23.5. The second-order valence-electron chi connectivity index (χ2n) is 11.3. The van der Waals surface area contributed by atoms with Gasteiger partial charge in [-0.3, -0.25) is 9.79 Å². The Balaban J connectivity index is 1.02. The summed E-state index contributed by atoms with van der Waals surface area (Å²) in [6.45, 7) is 4.73. The van der Waals surface area contributed by atoms with E-state index < -0.39 is 0 Å². The van der Waals surface area contributed by atoms with Crippen molar-refractivity contribution < 1.29 is 4.79 Å². The van der Waals surface area contributed by atoms with Crippen LogP contribution in [0.2, 0.25) is 0 Å². The number of hydrogen-bond donors (Lipinski definition) is 2. The van der Waals surface area contributed by atoms with E-state index in [1.54, 1.807) is 0 Å². The number of carbonyl (C=O) groups is 1. The fourth-order valence-corrected chi connectivity index (χ4v) is 9.42. The molecule has 0 bridgehead atoms. The number of thioether (sulfide) groups is 2. The molecule has 5 nitrogen and oxygen atoms in total. The van der Waals surface area contributed by atoms with Gasteiger partial charge in [0.1, 0.15) is 0 Å². The van der Waals surface area contributed by atoms with Crippen LogP contribution in [0.5, 0.6) is 0 Å². The summed E-state index contributed by atoms with van der Waals surface area (Å²) in [5, 5.41) is 5.41. The van der Waals surface area contributed by atoms with Gasteiger partial charge >= 0.3 is 0 Å². The van der Waals surface area contributed by atoms with Gasteiger partial charge in [0.2, 0.25) is 5.91 Å². The van der Waals surface area contributed by atoms with E-state index in [1.807, 2.05) is 23.5 Å². The molecule has 0 aromatic heterocycles. The first-order chi connectivity index (χ1) is 17.6. The number of nitrogens with one attached hydrogen (secondary N) is 1. The summed E-state index contributed by atoms with van der Waals surface area (Å²) in [6.07, 6.45) is 13.1. The van der Waals surface area contributed by atoms with Crippen molar-refractivity contribution in [1.29, 1.82) is 0 Å². The summed E-state index contributed by atoms with van der Waals surface area (Å²) >= 11 is 3.68. The highest BCUT2D eigenvalue weighted by atomic mass is 32.2. The highest BCUT2D eigenvalue weighted by Crippen LogP contribution is 2.45. The third-order valence-electron chi connectivity index (χ3n) is 8.82. The Morgan fingerprint density at radius 1 is 1.06 bits per heavy atom. The van der Waals surface area contributed by atoms with E-state index >= 15 is 0 Å². The van der Waals surface area contributed by atoms with E-state index in [0.29, 0.717) is 28.6 Å². The Labute approximate surface area is 226 Å². The van der Waals surface area contributed by atoms with Gasteiger partial charge in [0, 0.05) is 22.6 Å². The van der Waals surface area contributed by atoms with Crippen LogP contribution >= 0.6 is 23.5 Å². The van der Waals surface area contributed by atoms with E-state index in [0.717, 1.165) is 36.8 Å². The fraction of sp³-hybridized carbons (Fsp3) is 0.724. The maximum Gasteiger partial charge on any atom is 0.233 e. The van der Waals surface area contributed by atoms with Crippen LogP contribution in [0.4, 0.5) is 0 Å². The lowest BCUT2D eigenvalue weighted by atomic mass is 9.83. The molecule has 4 unspecified atom stereocenters. The van der Waals surface area contributed by atoms with Gasteiger partial charge < -0.3 is 16.0 Å². The molecule has 3 N–H and O–H groups in total. The summed E-state index contributed by atoms with van der Waals surface area (Å²) in [5.41, 5.74) is 7.37. The molecule has 0 spiro atoms. The molecular formula is C29H44N4OS2. The average molecular weight is 529 g/mol. The predicted molar refractivity (Wildman–Crippen MR) is 155 cm³/mol. The van der Waals surface area contributed by atoms with Crippen LogP contribution in [0, 0.1) is 5.92 Å². The second kappa shape index (κ2) is 12.6. The minimum Gasteiger partial charge on any atom is -0.379 e. The minimum atomic E-state index is 0.115. The van der Waals surface area contributed by atoms with Gasteiger partial charge in [0.05, 0.1) is 11.3 Å². The number of nitrogens with zero attached hydrogens (tertiary/aromatic N) is 2. The highest BCUT2D eigenvalue weighted by Gasteiger charge is 2.38. The van der Waals surface area contributed by atoms with Gasteiger partial charge in [0.25, 0.3) is 0 Å². The molecule has 1 saturated heterocycles. The molecule has 1 amide bonds. The molecule has 2 heterocycles. The lowest BCUT2D eigenvalue weighted by Crippen LogP contribution is -2.44. The number of carbonyl (C=O) groups excluding carboxylic acids is 1. The zero-order valence-electron chi connectivity index (χ0n) is 21.8. The summed E-state index contributed by atoms with van der Waals surface area (Å²) in [7, 11) is 0. The molecular weight excluding hydrogens is 484 g/mol. The van der Waals surface area contributed by atoms with Crippen molar-refractivity contribution >= 4 is 34.6 Å². The lowest BCUT2D eigenvalue weighted by Gasteiger charge is -2.39. The van der Waals surface area contributed by atoms with Gasteiger partial charge in [-0.2, -0.15) is 0 Å². The molecule has 5 atom stereocenters. The van der Waals surface area contributed by atoms with Crippen LogP contribution in [-0.2, 0) is 4.79 Å². The first kappa shape index (κ1) is 26.4. The van der Waals surface area contributed by atoms with Crippen LogP contribution in [0.1, 0.15) is 88.4 Å². The molecule has 2 saturated carbocycles. The number of fused-ring (bicyclic) bond motifs is 1. The number of nitrogens with two attached hydrogens (primary N) is 1. The van der Waals surface area contributed by atoms with Crippen molar-refractivity contribution in [2.75, 3.05) is 13.1 Å². The smallest absolute Gasteiger partial charge is 0.233 e. The largest absolute Gasteiger partial charge is 0.379 e. The Morgan fingerprint density at radius 3 is 2.64 bits per heavy atom. The summed E-state index contributed by atoms with van der Waals surface area (Å²) in [4.78, 5) is 20.4. The standard InChI is InChI=1S/C29H44N4OS2/c1-2-17-33(23-12-13-24-27(19-23)36-29(30)32-24)18-16-20-8-10-22(11-9-20)31-28(34)26-15-14-25(35-26)21-6-4-3-5-7-21/h3-7,20,22-27H,2,8-19H2,1H3,(H2,30,32)(H,31,34)/t20?,22?,23-,24?,25?,26?,27?/m0/s1. The molecule has 3 fully saturated rings. The van der Waals surface area contributed by atoms with Crippen LogP contribution in [-0.4, -0.2) is 57.7 Å². The van der Waals surface area contributed by atoms with Gasteiger partial charge in [-0.05, 0) is 95.2 Å². The van der Waals surface area contributed by atoms with Crippen molar-refractivity contribution in [3.8, 4) is 0 Å². The first-order valence-corrected chi connectivity index (χ1v) is 16.2. The molecule has 5 rings (SSSR count). The summed E-state index contributed by atoms with van der Waals surface area (Å²) in [5.74, 6) is 1.08. The molecule has 2 aliphatic heterocycles. The van der Waals surface area contributed by atoms with Crippen LogP contribution in [0.15, 0.2) is 35.3 Å². The number of hydrogen-bond acceptors (Lipinski definition) is 6.